The number of hydrogen-bond acceptors (Lipinski definition) is 6. The van der Waals surface area contributed by atoms with E-state index < -0.39 is 33.9 Å². The van der Waals surface area contributed by atoms with Gasteiger partial charge in [-0.15, -0.1) is 0 Å². The van der Waals surface area contributed by atoms with Crippen LogP contribution in [-0.2, 0) is 29.2 Å². The summed E-state index contributed by atoms with van der Waals surface area (Å²) in [6.45, 7) is 1.38. The minimum atomic E-state index is -4.22. The Hall–Kier alpha value is -1.15. The molecular formula is C12H16O7S. The molecule has 112 valence electrons. The zero-order valence-corrected chi connectivity index (χ0v) is 11.7. The van der Waals surface area contributed by atoms with Gasteiger partial charge in [0.25, 0.3) is 10.1 Å². The summed E-state index contributed by atoms with van der Waals surface area (Å²) in [5, 5.41) is 0. The van der Waals surface area contributed by atoms with Crippen LogP contribution in [-0.4, -0.2) is 42.9 Å². The summed E-state index contributed by atoms with van der Waals surface area (Å²) in [6.07, 6.45) is 0.628. The highest BCUT2D eigenvalue weighted by molar-refractivity contribution is 7.85. The number of ether oxygens (including phenoxy) is 2. The van der Waals surface area contributed by atoms with Crippen LogP contribution in [0.5, 0.6) is 0 Å². The molecule has 3 fully saturated rings. The molecule has 1 N–H and O–H groups in total. The Morgan fingerprint density at radius 2 is 2.20 bits per heavy atom. The summed E-state index contributed by atoms with van der Waals surface area (Å²) in [4.78, 5) is 23.4. The van der Waals surface area contributed by atoms with E-state index in [1.807, 2.05) is 0 Å². The highest BCUT2D eigenvalue weighted by Gasteiger charge is 2.63. The fraction of sp³-hybridized carbons (Fsp3) is 0.833. The van der Waals surface area contributed by atoms with Crippen molar-refractivity contribution in [3.8, 4) is 0 Å². The van der Waals surface area contributed by atoms with E-state index in [0.717, 1.165) is 6.42 Å². The van der Waals surface area contributed by atoms with Gasteiger partial charge in [-0.2, -0.15) is 8.42 Å². The van der Waals surface area contributed by atoms with Gasteiger partial charge in [0.2, 0.25) is 0 Å². The number of carbonyl (C=O) groups is 2. The number of fused-ring (bicyclic) bond motifs is 1. The first-order chi connectivity index (χ1) is 9.26. The Morgan fingerprint density at radius 3 is 2.85 bits per heavy atom. The average molecular weight is 304 g/mol. The van der Waals surface area contributed by atoms with Crippen molar-refractivity contribution in [2.45, 2.75) is 32.0 Å². The van der Waals surface area contributed by atoms with Crippen LogP contribution >= 0.6 is 0 Å². The Kier molecular flexibility index (Phi) is 3.06. The van der Waals surface area contributed by atoms with Gasteiger partial charge in [0.15, 0.2) is 0 Å². The monoisotopic (exact) mass is 304 g/mol. The molecule has 1 aliphatic heterocycles. The van der Waals surface area contributed by atoms with Gasteiger partial charge in [-0.3, -0.25) is 14.1 Å². The van der Waals surface area contributed by atoms with Crippen molar-refractivity contribution < 1.29 is 32.0 Å². The molecule has 0 aromatic carbocycles. The van der Waals surface area contributed by atoms with E-state index in [0.29, 0.717) is 6.42 Å². The first kappa shape index (κ1) is 13.8. The molecule has 7 nitrogen and oxygen atoms in total. The summed E-state index contributed by atoms with van der Waals surface area (Å²) >= 11 is 0. The molecule has 1 saturated heterocycles. The van der Waals surface area contributed by atoms with Crippen LogP contribution in [0.1, 0.15) is 19.8 Å². The topological polar surface area (TPSA) is 107 Å². The largest absolute Gasteiger partial charge is 0.458 e. The van der Waals surface area contributed by atoms with Crippen molar-refractivity contribution in [2.75, 3.05) is 5.75 Å². The third kappa shape index (κ3) is 2.20. The third-order valence-electron chi connectivity index (χ3n) is 4.53. The van der Waals surface area contributed by atoms with Crippen molar-refractivity contribution in [2.24, 2.45) is 23.7 Å². The molecule has 2 saturated carbocycles. The van der Waals surface area contributed by atoms with E-state index in [1.165, 1.54) is 6.92 Å². The van der Waals surface area contributed by atoms with Gasteiger partial charge in [-0.1, -0.05) is 6.92 Å². The van der Waals surface area contributed by atoms with E-state index in [-0.39, 0.29) is 29.8 Å². The molecule has 3 aliphatic rings. The zero-order valence-electron chi connectivity index (χ0n) is 10.9. The molecule has 5 unspecified atom stereocenters. The molecular weight excluding hydrogens is 288 g/mol. The SMILES string of the molecule is CC(CS(=O)(=O)O)C(=O)OC1C2CC3C(=O)O[C@@H]1C3C2. The molecule has 6 atom stereocenters. The predicted molar refractivity (Wildman–Crippen MR) is 65.0 cm³/mol. The van der Waals surface area contributed by atoms with Gasteiger partial charge in [0, 0.05) is 11.8 Å². The fourth-order valence-corrected chi connectivity index (χ4v) is 4.47. The molecule has 0 aromatic rings. The second kappa shape index (κ2) is 4.42. The van der Waals surface area contributed by atoms with Crippen LogP contribution in [0.15, 0.2) is 0 Å². The minimum Gasteiger partial charge on any atom is -0.458 e. The summed E-state index contributed by atoms with van der Waals surface area (Å²) in [6, 6.07) is 0. The normalized spacial score (nSPS) is 39.7. The highest BCUT2D eigenvalue weighted by Crippen LogP contribution is 2.55. The maximum Gasteiger partial charge on any atom is 0.310 e. The van der Waals surface area contributed by atoms with Gasteiger partial charge >= 0.3 is 11.9 Å². The van der Waals surface area contributed by atoms with Gasteiger partial charge in [-0.05, 0) is 12.8 Å². The van der Waals surface area contributed by atoms with E-state index >= 15 is 0 Å². The summed E-state index contributed by atoms with van der Waals surface area (Å²) in [7, 11) is -4.22. The van der Waals surface area contributed by atoms with Gasteiger partial charge in [-0.25, -0.2) is 0 Å². The van der Waals surface area contributed by atoms with Crippen molar-refractivity contribution in [1.29, 1.82) is 0 Å². The Labute approximate surface area is 116 Å². The standard InChI is InChI=1S/C12H16O7S/c1-5(4-20(15,16)17)11(13)18-9-6-2-7-8(3-6)12(14)19-10(7)9/h5-10H,2-4H2,1H3,(H,15,16,17)/t5?,6?,7?,8?,9?,10-/m1/s1. The first-order valence-electron chi connectivity index (χ1n) is 6.62. The maximum atomic E-state index is 11.9. The lowest BCUT2D eigenvalue weighted by Crippen LogP contribution is -2.38. The Morgan fingerprint density at radius 1 is 1.50 bits per heavy atom. The first-order valence-corrected chi connectivity index (χ1v) is 8.23. The summed E-state index contributed by atoms with van der Waals surface area (Å²) in [5.74, 6) is -2.33. The number of carbonyl (C=O) groups excluding carboxylic acids is 2. The van der Waals surface area contributed by atoms with Crippen molar-refractivity contribution in [3.63, 3.8) is 0 Å². The summed E-state index contributed by atoms with van der Waals surface area (Å²) in [5.41, 5.74) is 0. The van der Waals surface area contributed by atoms with E-state index in [9.17, 15) is 18.0 Å². The molecule has 8 heteroatoms. The van der Waals surface area contributed by atoms with Crippen LogP contribution in [0, 0.1) is 23.7 Å². The fourth-order valence-electron chi connectivity index (χ4n) is 3.70. The molecule has 2 aliphatic carbocycles. The molecule has 0 aromatic heterocycles. The Balaban J connectivity index is 1.65. The van der Waals surface area contributed by atoms with E-state index in [4.69, 9.17) is 14.0 Å². The molecule has 0 amide bonds. The van der Waals surface area contributed by atoms with Crippen LogP contribution in [0.2, 0.25) is 0 Å². The smallest absolute Gasteiger partial charge is 0.310 e. The molecule has 1 heterocycles. The molecule has 0 radical (unpaired) electrons. The molecule has 3 rings (SSSR count). The molecule has 2 bridgehead atoms. The van der Waals surface area contributed by atoms with Gasteiger partial charge in [0.05, 0.1) is 17.6 Å². The predicted octanol–water partition coefficient (Wildman–Crippen LogP) is 0.00350. The molecule has 0 spiro atoms. The quantitative estimate of drug-likeness (QED) is 0.575. The zero-order chi connectivity index (χ0) is 14.7. The van der Waals surface area contributed by atoms with Crippen LogP contribution < -0.4 is 0 Å². The van der Waals surface area contributed by atoms with Crippen molar-refractivity contribution >= 4 is 22.1 Å². The lowest BCUT2D eigenvalue weighted by atomic mass is 9.88. The number of rotatable bonds is 4. The summed E-state index contributed by atoms with van der Waals surface area (Å²) < 4.78 is 40.8. The van der Waals surface area contributed by atoms with Crippen LogP contribution in [0.25, 0.3) is 0 Å². The molecule has 20 heavy (non-hydrogen) atoms. The minimum absolute atomic E-state index is 0.0600. The van der Waals surface area contributed by atoms with Crippen LogP contribution in [0.4, 0.5) is 0 Å². The van der Waals surface area contributed by atoms with E-state index in [1.54, 1.807) is 0 Å². The lowest BCUT2D eigenvalue weighted by molar-refractivity contribution is -0.164. The Bertz CT molecular complexity index is 554. The number of hydrogen-bond donors (Lipinski definition) is 1. The highest BCUT2D eigenvalue weighted by atomic mass is 32.2. The number of esters is 2. The third-order valence-corrected chi connectivity index (χ3v) is 5.45. The average Bonchev–Trinajstić information content (AvgIpc) is 2.91. The lowest BCUT2D eigenvalue weighted by Gasteiger charge is -2.26. The van der Waals surface area contributed by atoms with E-state index in [2.05, 4.69) is 0 Å². The van der Waals surface area contributed by atoms with Crippen LogP contribution in [0.3, 0.4) is 0 Å². The second-order valence-electron chi connectivity index (χ2n) is 5.95. The van der Waals surface area contributed by atoms with Gasteiger partial charge < -0.3 is 9.47 Å². The second-order valence-corrected chi connectivity index (χ2v) is 7.45. The maximum absolute atomic E-state index is 11.9. The van der Waals surface area contributed by atoms with Crippen molar-refractivity contribution in [1.82, 2.24) is 0 Å². The van der Waals surface area contributed by atoms with Crippen molar-refractivity contribution in [3.05, 3.63) is 0 Å². The van der Waals surface area contributed by atoms with Gasteiger partial charge in [0.1, 0.15) is 12.2 Å².